The Labute approximate surface area is 204 Å². The summed E-state index contributed by atoms with van der Waals surface area (Å²) in [5, 5.41) is 27.6. The van der Waals surface area contributed by atoms with Crippen LogP contribution in [0.15, 0.2) is 56.5 Å². The molecule has 0 saturated heterocycles. The molecule has 0 aliphatic carbocycles. The van der Waals surface area contributed by atoms with E-state index in [4.69, 9.17) is 21.3 Å². The Kier molecular flexibility index (Phi) is 10.4. The van der Waals surface area contributed by atoms with Gasteiger partial charge in [0, 0.05) is 5.56 Å². The fourth-order valence-electron chi connectivity index (χ4n) is 3.18. The van der Waals surface area contributed by atoms with E-state index in [1.807, 2.05) is 27.7 Å². The Morgan fingerprint density at radius 1 is 0.971 bits per heavy atom. The number of hydrogen-bond acceptors (Lipinski definition) is 9. The lowest BCUT2D eigenvalue weighted by Gasteiger charge is -2.21. The average molecular weight is 528 g/mol. The second kappa shape index (κ2) is 12.3. The summed E-state index contributed by atoms with van der Waals surface area (Å²) in [5.41, 5.74) is 6.93. The van der Waals surface area contributed by atoms with E-state index in [1.54, 1.807) is 22.9 Å². The molecule has 2 rings (SSSR count). The maximum Gasteiger partial charge on any atom is 0.326 e. The molecule has 12 nitrogen and oxygen atoms in total. The van der Waals surface area contributed by atoms with Gasteiger partial charge in [0.1, 0.15) is 0 Å². The first-order valence-electron chi connectivity index (χ1n) is 10.1. The van der Waals surface area contributed by atoms with Crippen molar-refractivity contribution in [3.63, 3.8) is 0 Å². The molecule has 192 valence electrons. The highest BCUT2D eigenvalue weighted by molar-refractivity contribution is 7.90. The zero-order chi connectivity index (χ0) is 27.0. The second-order valence-corrected chi connectivity index (χ2v) is 11.1. The number of nitrogens with one attached hydrogen (secondary N) is 1. The minimum absolute atomic E-state index is 0.00806. The minimum Gasteiger partial charge on any atom is -0.411 e. The van der Waals surface area contributed by atoms with Crippen molar-refractivity contribution < 1.29 is 32.0 Å². The number of urea groups is 1. The van der Waals surface area contributed by atoms with Crippen LogP contribution in [0.5, 0.6) is 0 Å². The van der Waals surface area contributed by atoms with Gasteiger partial charge in [-0.25, -0.2) is 31.5 Å². The van der Waals surface area contributed by atoms with Crippen molar-refractivity contribution in [2.45, 2.75) is 49.3 Å². The number of carbonyl (C=O) groups excluding carboxylic acids is 1. The van der Waals surface area contributed by atoms with Gasteiger partial charge < -0.3 is 16.1 Å². The Balaban J connectivity index is 0.000000400. The van der Waals surface area contributed by atoms with Crippen LogP contribution in [0.2, 0.25) is 0 Å². The molecule has 0 saturated carbocycles. The van der Waals surface area contributed by atoms with Crippen molar-refractivity contribution in [2.24, 2.45) is 21.2 Å². The van der Waals surface area contributed by atoms with Crippen molar-refractivity contribution in [3.8, 4) is 0 Å². The second-order valence-electron chi connectivity index (χ2n) is 7.87. The zero-order valence-electron chi connectivity index (χ0n) is 19.6. The Bertz CT molecular complexity index is 1320. The van der Waals surface area contributed by atoms with Crippen LogP contribution in [0.1, 0.15) is 61.8 Å². The summed E-state index contributed by atoms with van der Waals surface area (Å²) in [6, 6.07) is 7.96. The van der Waals surface area contributed by atoms with Crippen molar-refractivity contribution >= 4 is 38.5 Å². The molecule has 0 atom stereocenters. The molecule has 14 heteroatoms. The predicted molar refractivity (Wildman–Crippen MR) is 131 cm³/mol. The summed E-state index contributed by atoms with van der Waals surface area (Å²) in [4.78, 5) is 11.0. The van der Waals surface area contributed by atoms with E-state index in [0.717, 1.165) is 6.21 Å². The number of rotatable bonds is 7. The third-order valence-electron chi connectivity index (χ3n) is 4.55. The molecular weight excluding hydrogens is 498 g/mol. The summed E-state index contributed by atoms with van der Waals surface area (Å²) in [5.74, 6) is -0.261. The van der Waals surface area contributed by atoms with E-state index >= 15 is 0 Å². The van der Waals surface area contributed by atoms with E-state index in [-0.39, 0.29) is 21.6 Å². The van der Waals surface area contributed by atoms with Gasteiger partial charge in [-0.05, 0) is 40.7 Å². The summed E-state index contributed by atoms with van der Waals surface area (Å²) in [6.07, 6.45) is 2.29. The lowest BCUT2D eigenvalue weighted by molar-refractivity contribution is 0.253. The molecule has 0 spiro atoms. The molecule has 0 bridgehead atoms. The van der Waals surface area contributed by atoms with Crippen LogP contribution in [0, 0.1) is 0 Å². The standard InChI is InChI=1S/C14H21N3O4S.C7H8N2O3S/c1-8(2)11-6-5-10(7-16-19)12(9(3)4)13(11)22(20,21)17-14(15)18;8-13(11,12)7-3-1-2-6(4-7)5-9-10/h5-9,19H,1-4H3,(H3,15,17,18);1-5,10H,(H2,8,11,12). The maximum atomic E-state index is 12.5. The third-order valence-corrected chi connectivity index (χ3v) is 6.93. The van der Waals surface area contributed by atoms with Crippen LogP contribution in [0.4, 0.5) is 4.79 Å². The van der Waals surface area contributed by atoms with Gasteiger partial charge in [-0.15, -0.1) is 0 Å². The molecule has 7 N–H and O–H groups in total. The highest BCUT2D eigenvalue weighted by Crippen LogP contribution is 2.33. The molecule has 2 aromatic carbocycles. The molecule has 0 unspecified atom stereocenters. The molecular formula is C21H29N5O7S2. The average Bonchev–Trinajstić information content (AvgIpc) is 2.72. The normalized spacial score (nSPS) is 12.2. The largest absolute Gasteiger partial charge is 0.411 e. The van der Waals surface area contributed by atoms with Gasteiger partial charge in [0.15, 0.2) is 0 Å². The van der Waals surface area contributed by atoms with Crippen LogP contribution < -0.4 is 15.6 Å². The van der Waals surface area contributed by atoms with Gasteiger partial charge in [0.2, 0.25) is 10.0 Å². The number of primary amides is 1. The molecule has 35 heavy (non-hydrogen) atoms. The van der Waals surface area contributed by atoms with Gasteiger partial charge in [-0.2, -0.15) is 0 Å². The van der Waals surface area contributed by atoms with E-state index in [0.29, 0.717) is 22.3 Å². The highest BCUT2D eigenvalue weighted by atomic mass is 32.2. The topological polar surface area (TPSA) is 215 Å². The number of nitrogens with two attached hydrogens (primary N) is 2. The maximum absolute atomic E-state index is 12.5. The number of hydrogen-bond donors (Lipinski definition) is 5. The first kappa shape index (κ1) is 29.5. The summed E-state index contributed by atoms with van der Waals surface area (Å²) in [7, 11) is -7.81. The number of sulfonamides is 2. The monoisotopic (exact) mass is 527 g/mol. The van der Waals surface area contributed by atoms with E-state index in [9.17, 15) is 21.6 Å². The molecule has 0 fully saturated rings. The van der Waals surface area contributed by atoms with Crippen LogP contribution in [-0.2, 0) is 20.0 Å². The van der Waals surface area contributed by atoms with Gasteiger partial charge in [0.25, 0.3) is 10.0 Å². The third kappa shape index (κ3) is 8.35. The molecule has 2 amide bonds. The van der Waals surface area contributed by atoms with Crippen LogP contribution in [0.3, 0.4) is 0 Å². The van der Waals surface area contributed by atoms with Crippen molar-refractivity contribution in [1.29, 1.82) is 0 Å². The number of amides is 2. The first-order chi connectivity index (χ1) is 16.2. The molecule has 0 radical (unpaired) electrons. The number of carbonyl (C=O) groups is 1. The lowest BCUT2D eigenvalue weighted by Crippen LogP contribution is -2.36. The predicted octanol–water partition coefficient (Wildman–Crippen LogP) is 2.24. The summed E-state index contributed by atoms with van der Waals surface area (Å²) < 4.78 is 48.6. The Hall–Kier alpha value is -3.49. The highest BCUT2D eigenvalue weighted by Gasteiger charge is 2.28. The minimum atomic E-state index is -4.12. The molecule has 0 heterocycles. The number of nitrogens with zero attached hydrogens (tertiary/aromatic N) is 2. The van der Waals surface area contributed by atoms with Crippen LogP contribution in [0.25, 0.3) is 0 Å². The number of oxime groups is 2. The van der Waals surface area contributed by atoms with E-state index in [2.05, 4.69) is 10.3 Å². The SMILES string of the molecule is CC(C)c1ccc(C=NO)c(C(C)C)c1S(=O)(=O)NC(N)=O.NS(=O)(=O)c1cccc(C=NO)c1. The van der Waals surface area contributed by atoms with E-state index < -0.39 is 26.1 Å². The van der Waals surface area contributed by atoms with Crippen molar-refractivity contribution in [1.82, 2.24) is 4.72 Å². The lowest BCUT2D eigenvalue weighted by atomic mass is 9.91. The summed E-state index contributed by atoms with van der Waals surface area (Å²) >= 11 is 0. The molecule has 2 aromatic rings. The van der Waals surface area contributed by atoms with Crippen LogP contribution in [-0.4, -0.2) is 45.7 Å². The smallest absolute Gasteiger partial charge is 0.326 e. The van der Waals surface area contributed by atoms with Crippen LogP contribution >= 0.6 is 0 Å². The molecule has 0 aromatic heterocycles. The van der Waals surface area contributed by atoms with E-state index in [1.165, 1.54) is 24.4 Å². The van der Waals surface area contributed by atoms with Crippen molar-refractivity contribution in [2.75, 3.05) is 0 Å². The Morgan fingerprint density at radius 3 is 2.03 bits per heavy atom. The fraction of sp³-hybridized carbons (Fsp3) is 0.286. The first-order valence-corrected chi connectivity index (χ1v) is 13.1. The fourth-order valence-corrected chi connectivity index (χ4v) is 5.37. The van der Waals surface area contributed by atoms with Gasteiger partial charge >= 0.3 is 6.03 Å². The number of benzene rings is 2. The summed E-state index contributed by atoms with van der Waals surface area (Å²) in [6.45, 7) is 7.33. The number of primary sulfonamides is 1. The van der Waals surface area contributed by atoms with Gasteiger partial charge in [-0.3, -0.25) is 0 Å². The van der Waals surface area contributed by atoms with Gasteiger partial charge in [0.05, 0.1) is 22.2 Å². The zero-order valence-corrected chi connectivity index (χ0v) is 21.2. The van der Waals surface area contributed by atoms with Gasteiger partial charge in [-0.1, -0.05) is 62.3 Å². The Morgan fingerprint density at radius 2 is 1.57 bits per heavy atom. The molecule has 0 aliphatic heterocycles. The van der Waals surface area contributed by atoms with Crippen molar-refractivity contribution in [3.05, 3.63) is 58.7 Å². The quantitative estimate of drug-likeness (QED) is 0.205. The molecule has 0 aliphatic rings.